The van der Waals surface area contributed by atoms with E-state index in [0.29, 0.717) is 0 Å². The summed E-state index contributed by atoms with van der Waals surface area (Å²) in [7, 11) is 0. The first kappa shape index (κ1) is 26.1. The summed E-state index contributed by atoms with van der Waals surface area (Å²) in [6, 6.07) is 0. The maximum absolute atomic E-state index is 5.66. The van der Waals surface area contributed by atoms with Gasteiger partial charge in [0.1, 0.15) is 0 Å². The molecule has 0 amide bonds. The fourth-order valence-corrected chi connectivity index (χ4v) is 3.58. The van der Waals surface area contributed by atoms with E-state index in [1.54, 1.807) is 0 Å². The summed E-state index contributed by atoms with van der Waals surface area (Å²) >= 11 is 0. The summed E-state index contributed by atoms with van der Waals surface area (Å²) in [6.45, 7) is 4.56. The molecule has 0 aliphatic heterocycles. The van der Waals surface area contributed by atoms with E-state index in [0.717, 1.165) is 12.8 Å². The fourth-order valence-electron chi connectivity index (χ4n) is 3.58. The van der Waals surface area contributed by atoms with Crippen LogP contribution in [0.2, 0.25) is 0 Å². The average molecular weight is 373 g/mol. The van der Waals surface area contributed by atoms with Crippen molar-refractivity contribution in [1.29, 1.82) is 0 Å². The highest BCUT2D eigenvalue weighted by Crippen LogP contribution is 2.14. The predicted octanol–water partition coefficient (Wildman–Crippen LogP) is 9.08. The van der Waals surface area contributed by atoms with Crippen LogP contribution in [0, 0.1) is 30.1 Å². The number of terminal acetylenes is 1. The van der Waals surface area contributed by atoms with Gasteiger partial charge in [-0.25, -0.2) is 0 Å². The zero-order valence-corrected chi connectivity index (χ0v) is 18.8. The molecule has 0 aromatic heterocycles. The largest absolute Gasteiger partial charge is 0.119 e. The van der Waals surface area contributed by atoms with E-state index < -0.39 is 0 Å². The topological polar surface area (TPSA) is 0 Å². The van der Waals surface area contributed by atoms with Crippen molar-refractivity contribution in [2.45, 2.75) is 142 Å². The van der Waals surface area contributed by atoms with Crippen LogP contribution in [0.5, 0.6) is 0 Å². The van der Waals surface area contributed by atoms with Crippen LogP contribution in [-0.4, -0.2) is 0 Å². The molecule has 0 aliphatic carbocycles. The zero-order chi connectivity index (χ0) is 19.8. The summed E-state index contributed by atoms with van der Waals surface area (Å²) in [5.74, 6) is 9.75. The monoisotopic (exact) mass is 372 g/mol. The zero-order valence-electron chi connectivity index (χ0n) is 18.8. The second kappa shape index (κ2) is 23.2. The van der Waals surface area contributed by atoms with Gasteiger partial charge in [0.25, 0.3) is 0 Å². The number of rotatable bonds is 19. The molecule has 0 saturated heterocycles. The van der Waals surface area contributed by atoms with E-state index >= 15 is 0 Å². The van der Waals surface area contributed by atoms with E-state index in [1.807, 2.05) is 0 Å². The van der Waals surface area contributed by atoms with Crippen molar-refractivity contribution in [1.82, 2.24) is 0 Å². The molecule has 0 nitrogen and oxygen atoms in total. The molecule has 0 rings (SSSR count). The molecule has 0 fully saturated rings. The lowest BCUT2D eigenvalue weighted by atomic mass is 10.0. The smallest absolute Gasteiger partial charge is 0.0808 e. The van der Waals surface area contributed by atoms with Crippen LogP contribution < -0.4 is 0 Å². The van der Waals surface area contributed by atoms with E-state index in [9.17, 15) is 0 Å². The van der Waals surface area contributed by atoms with Gasteiger partial charge in [0.2, 0.25) is 0 Å². The van der Waals surface area contributed by atoms with Crippen molar-refractivity contribution in [2.75, 3.05) is 0 Å². The number of hydrogen-bond acceptors (Lipinski definition) is 0. The van der Waals surface area contributed by atoms with E-state index in [2.05, 4.69) is 31.6 Å². The third-order valence-electron chi connectivity index (χ3n) is 5.48. The van der Waals surface area contributed by atoms with Crippen LogP contribution in [0.4, 0.5) is 0 Å². The quantitative estimate of drug-likeness (QED) is 0.157. The van der Waals surface area contributed by atoms with Gasteiger partial charge in [-0.3, -0.25) is 0 Å². The van der Waals surface area contributed by atoms with E-state index in [1.165, 1.54) is 116 Å². The molecule has 0 aliphatic rings. The van der Waals surface area contributed by atoms with Crippen LogP contribution in [0.1, 0.15) is 142 Å². The Morgan fingerprint density at radius 2 is 0.963 bits per heavy atom. The van der Waals surface area contributed by atoms with Crippen LogP contribution >= 0.6 is 0 Å². The molecule has 1 atom stereocenters. The van der Waals surface area contributed by atoms with Crippen LogP contribution in [0.15, 0.2) is 0 Å². The standard InChI is InChI=1S/C27H48/c1-4-7-9-11-13-15-16-18-20-22-24-26-27(6-3)25-23-21-19-17-14-12-10-8-5-2/h3,27H,4-5,7-23,25H2,1-2H3. The molecule has 1 unspecified atom stereocenters. The van der Waals surface area contributed by atoms with Crippen molar-refractivity contribution >= 4 is 0 Å². The lowest BCUT2D eigenvalue weighted by Crippen LogP contribution is -1.93. The Balaban J connectivity index is 3.44. The minimum absolute atomic E-state index is 0.188. The summed E-state index contributed by atoms with van der Waals surface area (Å²) < 4.78 is 0. The Morgan fingerprint density at radius 1 is 0.556 bits per heavy atom. The lowest BCUT2D eigenvalue weighted by molar-refractivity contribution is 0.548. The van der Waals surface area contributed by atoms with Gasteiger partial charge >= 0.3 is 0 Å². The minimum Gasteiger partial charge on any atom is -0.119 e. The van der Waals surface area contributed by atoms with E-state index in [-0.39, 0.29) is 5.92 Å². The normalized spacial score (nSPS) is 11.6. The Kier molecular flexibility index (Phi) is 22.4. The summed E-state index contributed by atoms with van der Waals surface area (Å²) in [4.78, 5) is 0. The van der Waals surface area contributed by atoms with Crippen molar-refractivity contribution in [3.8, 4) is 24.2 Å². The van der Waals surface area contributed by atoms with Crippen molar-refractivity contribution in [2.24, 2.45) is 5.92 Å². The van der Waals surface area contributed by atoms with Gasteiger partial charge in [-0.2, -0.15) is 0 Å². The highest BCUT2D eigenvalue weighted by molar-refractivity contribution is 5.14. The van der Waals surface area contributed by atoms with Crippen LogP contribution in [0.3, 0.4) is 0 Å². The van der Waals surface area contributed by atoms with Gasteiger partial charge < -0.3 is 0 Å². The molecule has 27 heavy (non-hydrogen) atoms. The fraction of sp³-hybridized carbons (Fsp3) is 0.852. The maximum Gasteiger partial charge on any atom is 0.0808 e. The first-order valence-corrected chi connectivity index (χ1v) is 12.3. The Morgan fingerprint density at radius 3 is 1.41 bits per heavy atom. The first-order chi connectivity index (χ1) is 13.3. The SMILES string of the molecule is C#CC(C#CCCCCCCCCCCC)CCCCCCCCCCC. The third-order valence-corrected chi connectivity index (χ3v) is 5.48. The second-order valence-corrected chi connectivity index (χ2v) is 8.24. The molecule has 0 saturated carbocycles. The Labute approximate surface area is 172 Å². The molecule has 0 spiro atoms. The van der Waals surface area contributed by atoms with Gasteiger partial charge in [-0.05, 0) is 12.8 Å². The van der Waals surface area contributed by atoms with Crippen molar-refractivity contribution < 1.29 is 0 Å². The molecular formula is C27H48. The van der Waals surface area contributed by atoms with Gasteiger partial charge in [-0.15, -0.1) is 12.3 Å². The van der Waals surface area contributed by atoms with Crippen molar-refractivity contribution in [3.63, 3.8) is 0 Å². The average Bonchev–Trinajstić information content (AvgIpc) is 2.69. The van der Waals surface area contributed by atoms with E-state index in [4.69, 9.17) is 6.42 Å². The van der Waals surface area contributed by atoms with Crippen molar-refractivity contribution in [3.05, 3.63) is 0 Å². The molecule has 0 heteroatoms. The van der Waals surface area contributed by atoms with Gasteiger partial charge in [0.05, 0.1) is 5.92 Å². The Hall–Kier alpha value is -0.880. The molecule has 0 aromatic rings. The minimum atomic E-state index is 0.188. The second-order valence-electron chi connectivity index (χ2n) is 8.24. The highest BCUT2D eigenvalue weighted by Gasteiger charge is 2.00. The van der Waals surface area contributed by atoms with Gasteiger partial charge in [0, 0.05) is 6.42 Å². The number of hydrogen-bond donors (Lipinski definition) is 0. The summed E-state index contributed by atoms with van der Waals surface area (Å²) in [6.07, 6.45) is 32.5. The molecule has 156 valence electrons. The molecule has 0 bridgehead atoms. The highest BCUT2D eigenvalue weighted by atomic mass is 14.0. The molecular weight excluding hydrogens is 324 g/mol. The summed E-state index contributed by atoms with van der Waals surface area (Å²) in [5, 5.41) is 0. The van der Waals surface area contributed by atoms with Crippen LogP contribution in [-0.2, 0) is 0 Å². The van der Waals surface area contributed by atoms with Gasteiger partial charge in [0.15, 0.2) is 0 Å². The molecule has 0 radical (unpaired) electrons. The Bertz CT molecular complexity index is 375. The summed E-state index contributed by atoms with van der Waals surface area (Å²) in [5.41, 5.74) is 0. The third kappa shape index (κ3) is 21.3. The molecule has 0 N–H and O–H groups in total. The number of unbranched alkanes of at least 4 members (excludes halogenated alkanes) is 17. The lowest BCUT2D eigenvalue weighted by Gasteiger charge is -2.04. The van der Waals surface area contributed by atoms with Gasteiger partial charge in [-0.1, -0.05) is 135 Å². The predicted molar refractivity (Wildman–Crippen MR) is 124 cm³/mol. The maximum atomic E-state index is 5.66. The molecule has 0 heterocycles. The molecule has 0 aromatic carbocycles. The van der Waals surface area contributed by atoms with Crippen LogP contribution in [0.25, 0.3) is 0 Å². The first-order valence-electron chi connectivity index (χ1n) is 12.3.